The third kappa shape index (κ3) is 4.59. The van der Waals surface area contributed by atoms with Crippen molar-refractivity contribution in [3.8, 4) is 0 Å². The molecule has 0 heterocycles. The summed E-state index contributed by atoms with van der Waals surface area (Å²) in [7, 11) is 2.56. The van der Waals surface area contributed by atoms with E-state index in [-0.39, 0.29) is 6.42 Å². The van der Waals surface area contributed by atoms with Gasteiger partial charge >= 0.3 is 11.8 Å². The van der Waals surface area contributed by atoms with E-state index in [4.69, 9.17) is 14.5 Å². The molecule has 0 spiro atoms. The van der Waals surface area contributed by atoms with Crippen molar-refractivity contribution < 1.29 is 29.1 Å². The molecule has 0 amide bonds. The van der Waals surface area contributed by atoms with Crippen LogP contribution in [0.2, 0.25) is 0 Å². The summed E-state index contributed by atoms with van der Waals surface area (Å²) >= 11 is 0. The van der Waals surface area contributed by atoms with E-state index in [9.17, 15) is 4.79 Å². The molecule has 0 atom stereocenters. The molecule has 0 unspecified atom stereocenters. The Kier molecular flexibility index (Phi) is 6.62. The summed E-state index contributed by atoms with van der Waals surface area (Å²) in [5, 5.41) is 0. The third-order valence-corrected chi connectivity index (χ3v) is 2.43. The maximum absolute atomic E-state index is 12.0. The summed E-state index contributed by atoms with van der Waals surface area (Å²) in [5.41, 5.74) is -0.605. The number of hydrogen-bond donors (Lipinski definition) is 0. The lowest BCUT2D eigenvalue weighted by Crippen LogP contribution is -2.47. The number of esters is 1. The molecule has 17 heavy (non-hydrogen) atoms. The molecule has 6 heteroatoms. The van der Waals surface area contributed by atoms with Gasteiger partial charge in [0.15, 0.2) is 0 Å². The van der Waals surface area contributed by atoms with Crippen LogP contribution < -0.4 is 0 Å². The first kappa shape index (κ1) is 16.3. The fourth-order valence-electron chi connectivity index (χ4n) is 1.01. The van der Waals surface area contributed by atoms with Crippen molar-refractivity contribution >= 4 is 5.97 Å². The zero-order valence-corrected chi connectivity index (χ0v) is 11.4. The lowest BCUT2D eigenvalue weighted by molar-refractivity contribution is -0.486. The Labute approximate surface area is 102 Å². The van der Waals surface area contributed by atoms with Gasteiger partial charge in [0.05, 0.1) is 14.2 Å². The fourth-order valence-corrected chi connectivity index (χ4v) is 1.01. The second-order valence-corrected chi connectivity index (χ2v) is 4.11. The first-order valence-electron chi connectivity index (χ1n) is 5.54. The normalized spacial score (nSPS) is 12.6. The van der Waals surface area contributed by atoms with E-state index < -0.39 is 17.4 Å². The van der Waals surface area contributed by atoms with E-state index in [2.05, 4.69) is 9.78 Å². The van der Waals surface area contributed by atoms with Crippen molar-refractivity contribution in [2.75, 3.05) is 14.2 Å². The Balaban J connectivity index is 4.85. The van der Waals surface area contributed by atoms with Crippen LogP contribution in [0, 0.1) is 0 Å². The van der Waals surface area contributed by atoms with Crippen molar-refractivity contribution in [3.63, 3.8) is 0 Å². The third-order valence-electron chi connectivity index (χ3n) is 2.43. The van der Waals surface area contributed by atoms with Crippen LogP contribution in [-0.2, 0) is 29.1 Å². The Morgan fingerprint density at radius 1 is 1.00 bits per heavy atom. The summed E-state index contributed by atoms with van der Waals surface area (Å²) in [6, 6.07) is 0. The molecule has 0 rings (SSSR count). The minimum Gasteiger partial charge on any atom is -0.456 e. The number of ether oxygens (including phenoxy) is 1. The van der Waals surface area contributed by atoms with E-state index in [0.29, 0.717) is 6.42 Å². The number of carbonyl (C=O) groups is 1. The van der Waals surface area contributed by atoms with Crippen LogP contribution in [0.1, 0.15) is 40.5 Å². The Morgan fingerprint density at radius 2 is 1.47 bits per heavy atom. The average molecular weight is 250 g/mol. The molecule has 0 aromatic rings. The number of hydrogen-bond acceptors (Lipinski definition) is 6. The van der Waals surface area contributed by atoms with E-state index in [1.807, 2.05) is 6.92 Å². The Hall–Kier alpha value is -0.690. The second-order valence-electron chi connectivity index (χ2n) is 4.11. The lowest BCUT2D eigenvalue weighted by Gasteiger charge is -2.31. The first-order valence-corrected chi connectivity index (χ1v) is 5.54. The van der Waals surface area contributed by atoms with Crippen LogP contribution in [0.3, 0.4) is 0 Å². The zero-order valence-electron chi connectivity index (χ0n) is 11.4. The number of carbonyl (C=O) groups excluding carboxylic acids is 1. The van der Waals surface area contributed by atoms with Crippen molar-refractivity contribution in [2.45, 2.75) is 51.9 Å². The molecule has 0 saturated carbocycles. The summed E-state index contributed by atoms with van der Waals surface area (Å²) in [6.07, 6.45) is 0.853. The van der Waals surface area contributed by atoms with E-state index >= 15 is 0 Å². The van der Waals surface area contributed by atoms with Gasteiger partial charge in [0.25, 0.3) is 0 Å². The molecule has 0 aliphatic carbocycles. The molecular formula is C11H22O6. The molecule has 0 aliphatic heterocycles. The highest BCUT2D eigenvalue weighted by Crippen LogP contribution is 2.25. The highest BCUT2D eigenvalue weighted by molar-refractivity contribution is 5.78. The molecule has 0 aromatic heterocycles. The van der Waals surface area contributed by atoms with Crippen molar-refractivity contribution in [3.05, 3.63) is 0 Å². The van der Waals surface area contributed by atoms with Crippen LogP contribution in [0.4, 0.5) is 0 Å². The van der Waals surface area contributed by atoms with Crippen molar-refractivity contribution in [1.82, 2.24) is 0 Å². The predicted octanol–water partition coefficient (Wildman–Crippen LogP) is 1.98. The summed E-state index contributed by atoms with van der Waals surface area (Å²) in [6.45, 7) is 7.20. The van der Waals surface area contributed by atoms with Crippen LogP contribution in [0.15, 0.2) is 0 Å². The molecule has 102 valence electrons. The minimum absolute atomic E-state index is 0.188. The van der Waals surface area contributed by atoms with Gasteiger partial charge in [-0.3, -0.25) is 0 Å². The molecular weight excluding hydrogens is 228 g/mol. The van der Waals surface area contributed by atoms with Crippen LogP contribution >= 0.6 is 0 Å². The van der Waals surface area contributed by atoms with Gasteiger partial charge in [-0.2, -0.15) is 9.78 Å². The summed E-state index contributed by atoms with van der Waals surface area (Å²) in [4.78, 5) is 30.7. The Bertz CT molecular complexity index is 232. The summed E-state index contributed by atoms with van der Waals surface area (Å²) < 4.78 is 5.30. The van der Waals surface area contributed by atoms with Gasteiger partial charge in [-0.1, -0.05) is 13.8 Å². The SMILES string of the molecule is CCC(C)(C)OC(=O)C(CC)(OOC)OOC. The largest absolute Gasteiger partial charge is 0.456 e. The highest BCUT2D eigenvalue weighted by atomic mass is 17.3. The zero-order chi connectivity index (χ0) is 13.5. The fraction of sp³-hybridized carbons (Fsp3) is 0.909. The molecule has 0 aromatic carbocycles. The minimum atomic E-state index is -1.70. The predicted molar refractivity (Wildman–Crippen MR) is 59.7 cm³/mol. The molecule has 0 fully saturated rings. The summed E-state index contributed by atoms with van der Waals surface area (Å²) in [5.74, 6) is -2.38. The lowest BCUT2D eigenvalue weighted by atomic mass is 10.1. The first-order chi connectivity index (χ1) is 7.87. The van der Waals surface area contributed by atoms with E-state index in [1.165, 1.54) is 14.2 Å². The molecule has 0 N–H and O–H groups in total. The van der Waals surface area contributed by atoms with Crippen LogP contribution in [0.5, 0.6) is 0 Å². The highest BCUT2D eigenvalue weighted by Gasteiger charge is 2.46. The van der Waals surface area contributed by atoms with Gasteiger partial charge in [0, 0.05) is 6.42 Å². The van der Waals surface area contributed by atoms with Crippen LogP contribution in [0.25, 0.3) is 0 Å². The topological polar surface area (TPSA) is 63.2 Å². The molecule has 6 nitrogen and oxygen atoms in total. The molecule has 0 bridgehead atoms. The van der Waals surface area contributed by atoms with Gasteiger partial charge in [-0.05, 0) is 20.3 Å². The van der Waals surface area contributed by atoms with Gasteiger partial charge in [-0.25, -0.2) is 14.6 Å². The molecule has 0 saturated heterocycles. The maximum atomic E-state index is 12.0. The van der Waals surface area contributed by atoms with Crippen molar-refractivity contribution in [1.29, 1.82) is 0 Å². The van der Waals surface area contributed by atoms with Crippen molar-refractivity contribution in [2.24, 2.45) is 0 Å². The van der Waals surface area contributed by atoms with Crippen LogP contribution in [-0.4, -0.2) is 31.6 Å². The average Bonchev–Trinajstić information content (AvgIpc) is 2.28. The smallest absolute Gasteiger partial charge is 0.373 e. The number of rotatable bonds is 8. The monoisotopic (exact) mass is 250 g/mol. The Morgan fingerprint density at radius 3 is 1.76 bits per heavy atom. The van der Waals surface area contributed by atoms with E-state index in [0.717, 1.165) is 0 Å². The second kappa shape index (κ2) is 6.90. The van der Waals surface area contributed by atoms with Gasteiger partial charge < -0.3 is 4.74 Å². The standard InChI is InChI=1S/C11H22O6/c1-7-10(3,4)15-9(12)11(8-2,16-13-5)17-14-6/h7-8H2,1-6H3. The van der Waals surface area contributed by atoms with E-state index in [1.54, 1.807) is 20.8 Å². The van der Waals surface area contributed by atoms with Gasteiger partial charge in [-0.15, -0.1) is 0 Å². The maximum Gasteiger partial charge on any atom is 0.373 e. The van der Waals surface area contributed by atoms with Gasteiger partial charge in [0.1, 0.15) is 5.60 Å². The van der Waals surface area contributed by atoms with Gasteiger partial charge in [0.2, 0.25) is 0 Å². The molecule has 0 radical (unpaired) electrons. The quantitative estimate of drug-likeness (QED) is 0.284. The molecule has 0 aliphatic rings.